The minimum absolute atomic E-state index is 0.112. The number of hydrogen-bond acceptors (Lipinski definition) is 3. The first-order valence-electron chi connectivity index (χ1n) is 7.08. The van der Waals surface area contributed by atoms with Gasteiger partial charge in [-0.1, -0.05) is 32.9 Å². The van der Waals surface area contributed by atoms with E-state index in [1.165, 1.54) is 6.42 Å². The lowest BCUT2D eigenvalue weighted by atomic mass is 9.80. The van der Waals surface area contributed by atoms with E-state index in [4.69, 9.17) is 0 Å². The molecule has 106 valence electrons. The maximum absolute atomic E-state index is 11.2. The number of carboxylic acid groups (broad SMARTS) is 1. The zero-order chi connectivity index (χ0) is 14.2. The highest BCUT2D eigenvalue weighted by Crippen LogP contribution is 2.37. The van der Waals surface area contributed by atoms with E-state index in [-0.39, 0.29) is 17.7 Å². The van der Waals surface area contributed by atoms with Crippen LogP contribution in [-0.4, -0.2) is 26.1 Å². The summed E-state index contributed by atoms with van der Waals surface area (Å²) in [6.07, 6.45) is 3.37. The second kappa shape index (κ2) is 5.31. The monoisotopic (exact) mass is 265 g/mol. The Bertz CT molecular complexity index is 457. The molecule has 1 heterocycles. The van der Waals surface area contributed by atoms with Gasteiger partial charge in [-0.25, -0.2) is 9.48 Å². The van der Waals surface area contributed by atoms with E-state index in [1.54, 1.807) is 0 Å². The highest BCUT2D eigenvalue weighted by atomic mass is 16.4. The number of rotatable bonds is 3. The van der Waals surface area contributed by atoms with Gasteiger partial charge in [-0.3, -0.25) is 0 Å². The Kier molecular flexibility index (Phi) is 3.92. The first kappa shape index (κ1) is 14.0. The lowest BCUT2D eigenvalue weighted by molar-refractivity contribution is 0.0688. The third kappa shape index (κ3) is 2.80. The van der Waals surface area contributed by atoms with Gasteiger partial charge in [-0.15, -0.1) is 5.10 Å². The minimum Gasteiger partial charge on any atom is -0.476 e. The summed E-state index contributed by atoms with van der Waals surface area (Å²) in [4.78, 5) is 11.2. The van der Waals surface area contributed by atoms with Gasteiger partial charge in [0.2, 0.25) is 0 Å². The van der Waals surface area contributed by atoms with Gasteiger partial charge in [0.1, 0.15) is 0 Å². The minimum atomic E-state index is -0.980. The van der Waals surface area contributed by atoms with Crippen LogP contribution in [0.3, 0.4) is 0 Å². The maximum Gasteiger partial charge on any atom is 0.358 e. The summed E-state index contributed by atoms with van der Waals surface area (Å²) in [6, 6.07) is 0.289. The third-order valence-corrected chi connectivity index (χ3v) is 3.98. The SMILES string of the molecule is CC1CC(C)CC(n2nnc(C(=O)O)c2C(C)C)C1. The molecule has 1 aromatic heterocycles. The molecule has 1 aromatic rings. The summed E-state index contributed by atoms with van der Waals surface area (Å²) >= 11 is 0. The molecule has 2 unspecified atom stereocenters. The molecule has 1 aliphatic rings. The number of carbonyl (C=O) groups is 1. The van der Waals surface area contributed by atoms with Crippen molar-refractivity contribution in [3.05, 3.63) is 11.4 Å². The molecular formula is C14H23N3O2. The molecule has 2 rings (SSSR count). The van der Waals surface area contributed by atoms with Crippen molar-refractivity contribution in [1.29, 1.82) is 0 Å². The smallest absolute Gasteiger partial charge is 0.358 e. The molecule has 2 atom stereocenters. The van der Waals surface area contributed by atoms with Crippen molar-refractivity contribution in [2.45, 2.75) is 58.9 Å². The molecule has 0 bridgehead atoms. The summed E-state index contributed by atoms with van der Waals surface area (Å²) < 4.78 is 1.88. The third-order valence-electron chi connectivity index (χ3n) is 3.98. The largest absolute Gasteiger partial charge is 0.476 e. The molecule has 0 aromatic carbocycles. The van der Waals surface area contributed by atoms with Crippen LogP contribution >= 0.6 is 0 Å². The van der Waals surface area contributed by atoms with Crippen LogP contribution in [-0.2, 0) is 0 Å². The number of hydrogen-bond donors (Lipinski definition) is 1. The van der Waals surface area contributed by atoms with E-state index in [2.05, 4.69) is 24.2 Å². The molecule has 1 N–H and O–H groups in total. The van der Waals surface area contributed by atoms with Crippen LogP contribution in [0.5, 0.6) is 0 Å². The van der Waals surface area contributed by atoms with Gasteiger partial charge in [-0.2, -0.15) is 0 Å². The van der Waals surface area contributed by atoms with Gasteiger partial charge in [0.25, 0.3) is 0 Å². The van der Waals surface area contributed by atoms with Crippen molar-refractivity contribution in [2.24, 2.45) is 11.8 Å². The van der Waals surface area contributed by atoms with E-state index < -0.39 is 5.97 Å². The molecule has 1 saturated carbocycles. The van der Waals surface area contributed by atoms with Crippen molar-refractivity contribution >= 4 is 5.97 Å². The summed E-state index contributed by atoms with van der Waals surface area (Å²) in [6.45, 7) is 8.51. The van der Waals surface area contributed by atoms with Crippen LogP contribution in [0.1, 0.15) is 75.1 Å². The second-order valence-electron chi connectivity index (χ2n) is 6.30. The summed E-state index contributed by atoms with van der Waals surface area (Å²) in [5.74, 6) is 0.456. The highest BCUT2D eigenvalue weighted by molar-refractivity contribution is 5.86. The fourth-order valence-electron chi connectivity index (χ4n) is 3.37. The Morgan fingerprint density at radius 1 is 1.26 bits per heavy atom. The Labute approximate surface area is 114 Å². The predicted octanol–water partition coefficient (Wildman–Crippen LogP) is 3.10. The van der Waals surface area contributed by atoms with Crippen molar-refractivity contribution in [3.63, 3.8) is 0 Å². The first-order valence-corrected chi connectivity index (χ1v) is 7.08. The summed E-state index contributed by atoms with van der Waals surface area (Å²) in [5.41, 5.74) is 0.875. The van der Waals surface area contributed by atoms with Crippen LogP contribution in [0.15, 0.2) is 0 Å². The lowest BCUT2D eigenvalue weighted by Gasteiger charge is -2.32. The zero-order valence-corrected chi connectivity index (χ0v) is 12.1. The Morgan fingerprint density at radius 3 is 2.32 bits per heavy atom. The molecule has 19 heavy (non-hydrogen) atoms. The number of aromatic carboxylic acids is 1. The summed E-state index contributed by atoms with van der Waals surface area (Å²) in [5, 5.41) is 17.2. The van der Waals surface area contributed by atoms with Crippen LogP contribution in [0.25, 0.3) is 0 Å². The molecular weight excluding hydrogens is 242 g/mol. The molecule has 0 radical (unpaired) electrons. The van der Waals surface area contributed by atoms with Crippen molar-refractivity contribution in [3.8, 4) is 0 Å². The van der Waals surface area contributed by atoms with E-state index in [0.29, 0.717) is 11.8 Å². The zero-order valence-electron chi connectivity index (χ0n) is 12.1. The van der Waals surface area contributed by atoms with Gasteiger partial charge in [0, 0.05) is 0 Å². The normalized spacial score (nSPS) is 27.7. The summed E-state index contributed by atoms with van der Waals surface area (Å²) in [7, 11) is 0. The fourth-order valence-corrected chi connectivity index (χ4v) is 3.37. The standard InChI is InChI=1S/C14H23N3O2/c1-8(2)13-12(14(18)19)15-16-17(13)11-6-9(3)5-10(4)7-11/h8-11H,5-7H2,1-4H3,(H,18,19). The maximum atomic E-state index is 11.2. The molecule has 0 aliphatic heterocycles. The first-order chi connectivity index (χ1) is 8.90. The molecule has 5 heteroatoms. The molecule has 0 saturated heterocycles. The van der Waals surface area contributed by atoms with Crippen molar-refractivity contribution in [2.75, 3.05) is 0 Å². The molecule has 1 aliphatic carbocycles. The van der Waals surface area contributed by atoms with E-state index in [1.807, 2.05) is 18.5 Å². The van der Waals surface area contributed by atoms with Crippen molar-refractivity contribution in [1.82, 2.24) is 15.0 Å². The molecule has 1 fully saturated rings. The highest BCUT2D eigenvalue weighted by Gasteiger charge is 2.30. The van der Waals surface area contributed by atoms with Crippen LogP contribution in [0.2, 0.25) is 0 Å². The Morgan fingerprint density at radius 2 is 1.84 bits per heavy atom. The molecule has 5 nitrogen and oxygen atoms in total. The average molecular weight is 265 g/mol. The van der Waals surface area contributed by atoms with E-state index >= 15 is 0 Å². The van der Waals surface area contributed by atoms with E-state index in [9.17, 15) is 9.90 Å². The van der Waals surface area contributed by atoms with Crippen LogP contribution in [0.4, 0.5) is 0 Å². The van der Waals surface area contributed by atoms with Crippen LogP contribution in [0, 0.1) is 11.8 Å². The second-order valence-corrected chi connectivity index (χ2v) is 6.30. The van der Waals surface area contributed by atoms with Gasteiger partial charge in [0.05, 0.1) is 11.7 Å². The van der Waals surface area contributed by atoms with Crippen LogP contribution < -0.4 is 0 Å². The van der Waals surface area contributed by atoms with Gasteiger partial charge in [-0.05, 0) is 37.0 Å². The van der Waals surface area contributed by atoms with Gasteiger partial charge >= 0.3 is 5.97 Å². The number of aromatic nitrogens is 3. The molecule has 0 spiro atoms. The van der Waals surface area contributed by atoms with Crippen molar-refractivity contribution < 1.29 is 9.90 Å². The average Bonchev–Trinajstić information content (AvgIpc) is 2.71. The molecule has 0 amide bonds. The number of nitrogens with zero attached hydrogens (tertiary/aromatic N) is 3. The quantitative estimate of drug-likeness (QED) is 0.911. The van der Waals surface area contributed by atoms with E-state index in [0.717, 1.165) is 18.5 Å². The lowest BCUT2D eigenvalue weighted by Crippen LogP contribution is -2.25. The van der Waals surface area contributed by atoms with Gasteiger partial charge < -0.3 is 5.11 Å². The fraction of sp³-hybridized carbons (Fsp3) is 0.786. The van der Waals surface area contributed by atoms with Gasteiger partial charge in [0.15, 0.2) is 5.69 Å². The Hall–Kier alpha value is -1.39. The predicted molar refractivity (Wildman–Crippen MR) is 72.3 cm³/mol. The topological polar surface area (TPSA) is 68.0 Å². The Balaban J connectivity index is 2.36. The number of carboxylic acids is 1.